The maximum Gasteiger partial charge on any atom is 0.236 e. The van der Waals surface area contributed by atoms with Crippen LogP contribution < -0.4 is 5.32 Å². The van der Waals surface area contributed by atoms with E-state index in [1.54, 1.807) is 0 Å². The van der Waals surface area contributed by atoms with Crippen molar-refractivity contribution in [1.29, 1.82) is 5.26 Å². The molecule has 6 nitrogen and oxygen atoms in total. The first-order valence-electron chi connectivity index (χ1n) is 11.2. The molecule has 0 aliphatic heterocycles. The predicted molar refractivity (Wildman–Crippen MR) is 131 cm³/mol. The van der Waals surface area contributed by atoms with Crippen molar-refractivity contribution in [1.82, 2.24) is 19.5 Å². The van der Waals surface area contributed by atoms with E-state index in [4.69, 9.17) is 16.6 Å². The Kier molecular flexibility index (Phi) is 5.51. The Morgan fingerprint density at radius 2 is 1.85 bits per heavy atom. The molecular formula is C26H25ClN6. The van der Waals surface area contributed by atoms with E-state index in [9.17, 15) is 5.26 Å². The lowest BCUT2D eigenvalue weighted by Crippen LogP contribution is -2.20. The molecule has 1 N–H and O–H groups in total. The smallest absolute Gasteiger partial charge is 0.236 e. The number of nitrogens with one attached hydrogen (secondary N) is 1. The van der Waals surface area contributed by atoms with E-state index < -0.39 is 0 Å². The highest BCUT2D eigenvalue weighted by Crippen LogP contribution is 2.37. The first-order chi connectivity index (χ1) is 15.9. The Morgan fingerprint density at radius 3 is 2.52 bits per heavy atom. The van der Waals surface area contributed by atoms with E-state index in [-0.39, 0.29) is 17.9 Å². The van der Waals surface area contributed by atoms with E-state index in [0.717, 1.165) is 28.0 Å². The van der Waals surface area contributed by atoms with Crippen molar-refractivity contribution in [3.05, 3.63) is 70.5 Å². The lowest BCUT2D eigenvalue weighted by atomic mass is 10.1. The minimum atomic E-state index is -0.0592. The van der Waals surface area contributed by atoms with Crippen LogP contribution in [0.15, 0.2) is 48.5 Å². The Balaban J connectivity index is 1.77. The molecule has 0 spiro atoms. The number of rotatable bonds is 6. The number of nitriles is 1. The van der Waals surface area contributed by atoms with Gasteiger partial charge in [0.15, 0.2) is 11.5 Å². The molecule has 2 aromatic heterocycles. The zero-order valence-corrected chi connectivity index (χ0v) is 19.6. The van der Waals surface area contributed by atoms with Gasteiger partial charge in [0.2, 0.25) is 5.82 Å². The summed E-state index contributed by atoms with van der Waals surface area (Å²) >= 11 is 6.15. The summed E-state index contributed by atoms with van der Waals surface area (Å²) in [6, 6.07) is 18.4. The second-order valence-corrected chi connectivity index (χ2v) is 9.29. The fraction of sp³-hybridized carbons (Fsp3) is 0.308. The maximum absolute atomic E-state index is 9.57. The third-order valence-electron chi connectivity index (χ3n) is 6.36. The van der Waals surface area contributed by atoms with Crippen LogP contribution in [0.25, 0.3) is 22.6 Å². The third kappa shape index (κ3) is 4.17. The van der Waals surface area contributed by atoms with Crippen LogP contribution in [0.2, 0.25) is 5.02 Å². The van der Waals surface area contributed by atoms with E-state index in [1.165, 1.54) is 12.8 Å². The first kappa shape index (κ1) is 21.4. The maximum atomic E-state index is 9.57. The predicted octanol–water partition coefficient (Wildman–Crippen LogP) is 6.15. The second-order valence-electron chi connectivity index (χ2n) is 8.85. The van der Waals surface area contributed by atoms with E-state index in [0.29, 0.717) is 22.4 Å². The van der Waals surface area contributed by atoms with Crippen molar-refractivity contribution in [3.8, 4) is 17.5 Å². The van der Waals surface area contributed by atoms with E-state index in [1.807, 2.05) is 30.3 Å². The Hall–Kier alpha value is -3.43. The quantitative estimate of drug-likeness (QED) is 0.376. The Bertz CT molecular complexity index is 1360. The molecule has 5 rings (SSSR count). The number of aryl methyl sites for hydroxylation is 1. The van der Waals surface area contributed by atoms with Gasteiger partial charge in [0.25, 0.3) is 0 Å². The number of aromatic nitrogens is 4. The number of fused-ring (bicyclic) bond motifs is 1. The molecule has 2 heterocycles. The van der Waals surface area contributed by atoms with E-state index in [2.05, 4.69) is 64.9 Å². The number of hydrogen-bond acceptors (Lipinski definition) is 5. The summed E-state index contributed by atoms with van der Waals surface area (Å²) in [4.78, 5) is 14.0. The molecule has 1 saturated carbocycles. The second kappa shape index (κ2) is 8.49. The molecule has 4 aromatic rings. The lowest BCUT2D eigenvalue weighted by molar-refractivity contribution is 0.660. The number of anilines is 1. The van der Waals surface area contributed by atoms with Gasteiger partial charge in [0.05, 0.1) is 6.04 Å². The van der Waals surface area contributed by atoms with Crippen LogP contribution in [-0.4, -0.2) is 25.6 Å². The van der Waals surface area contributed by atoms with E-state index >= 15 is 0 Å². The number of nitrogens with zero attached hydrogens (tertiary/aromatic N) is 5. The topological polar surface area (TPSA) is 79.4 Å². The van der Waals surface area contributed by atoms with Crippen molar-refractivity contribution in [3.63, 3.8) is 0 Å². The third-order valence-corrected chi connectivity index (χ3v) is 6.61. The fourth-order valence-corrected chi connectivity index (χ4v) is 4.46. The van der Waals surface area contributed by atoms with Gasteiger partial charge >= 0.3 is 0 Å². The van der Waals surface area contributed by atoms with Gasteiger partial charge in [-0.1, -0.05) is 47.5 Å². The first-order valence-corrected chi connectivity index (χ1v) is 11.6. The van der Waals surface area contributed by atoms with Crippen molar-refractivity contribution >= 4 is 28.6 Å². The van der Waals surface area contributed by atoms with Gasteiger partial charge in [-0.2, -0.15) is 15.2 Å². The normalized spacial score (nSPS) is 15.2. The van der Waals surface area contributed by atoms with Gasteiger partial charge in [-0.3, -0.25) is 0 Å². The summed E-state index contributed by atoms with van der Waals surface area (Å²) in [5.74, 6) is 2.19. The number of halogens is 1. The van der Waals surface area contributed by atoms with Gasteiger partial charge in [-0.15, -0.1) is 0 Å². The van der Waals surface area contributed by atoms with Gasteiger partial charge in [-0.05, 0) is 63.3 Å². The minimum absolute atomic E-state index is 0.0592. The van der Waals surface area contributed by atoms with Gasteiger partial charge in [0.1, 0.15) is 17.4 Å². The fourth-order valence-electron chi connectivity index (χ4n) is 4.34. The summed E-state index contributed by atoms with van der Waals surface area (Å²) in [5.41, 5.74) is 4.56. The highest BCUT2D eigenvalue weighted by molar-refractivity contribution is 6.30. The van der Waals surface area contributed by atoms with Gasteiger partial charge < -0.3 is 9.88 Å². The van der Waals surface area contributed by atoms with Crippen molar-refractivity contribution in [2.24, 2.45) is 5.92 Å². The largest absolute Gasteiger partial charge is 0.365 e. The molecule has 1 aliphatic rings. The molecule has 166 valence electrons. The molecule has 0 amide bonds. The molecule has 1 unspecified atom stereocenters. The average molecular weight is 457 g/mol. The summed E-state index contributed by atoms with van der Waals surface area (Å²) in [6.07, 6.45) is 2.42. The Labute approximate surface area is 198 Å². The highest BCUT2D eigenvalue weighted by Gasteiger charge is 2.30. The molecule has 2 aromatic carbocycles. The van der Waals surface area contributed by atoms with Crippen LogP contribution in [0.1, 0.15) is 49.7 Å². The molecular weight excluding hydrogens is 432 g/mol. The molecule has 33 heavy (non-hydrogen) atoms. The average Bonchev–Trinajstić information content (AvgIpc) is 3.59. The van der Waals surface area contributed by atoms with Gasteiger partial charge in [0, 0.05) is 16.6 Å². The van der Waals surface area contributed by atoms with Crippen LogP contribution >= 0.6 is 11.6 Å². The van der Waals surface area contributed by atoms with Crippen molar-refractivity contribution < 1.29 is 0 Å². The molecule has 1 fully saturated rings. The number of hydrogen-bond donors (Lipinski definition) is 1. The summed E-state index contributed by atoms with van der Waals surface area (Å²) < 4.78 is 2.18. The summed E-state index contributed by atoms with van der Waals surface area (Å²) in [5, 5.41) is 13.8. The SMILES string of the molecule is Cc1cccc(-c2nc3nc(C#N)nc(N[C@H](C)C4CC4)c3n2C(C)c2ccc(Cl)cc2)c1. The van der Waals surface area contributed by atoms with Crippen LogP contribution in [0.5, 0.6) is 0 Å². The van der Waals surface area contributed by atoms with Crippen LogP contribution in [-0.2, 0) is 0 Å². The molecule has 2 atom stereocenters. The lowest BCUT2D eigenvalue weighted by Gasteiger charge is -2.21. The van der Waals surface area contributed by atoms with Crippen LogP contribution in [0.3, 0.4) is 0 Å². The zero-order chi connectivity index (χ0) is 23.1. The summed E-state index contributed by atoms with van der Waals surface area (Å²) in [6.45, 7) is 6.37. The van der Waals surface area contributed by atoms with Crippen LogP contribution in [0, 0.1) is 24.2 Å². The van der Waals surface area contributed by atoms with Crippen molar-refractivity contribution in [2.45, 2.75) is 45.7 Å². The standard InChI is InChI=1S/C26H25ClN6/c1-15-5-4-6-20(13-15)26-32-25-23(33(26)17(3)19-9-11-21(27)12-10-19)24(30-22(14-28)31-25)29-16(2)18-7-8-18/h4-6,9-13,16-18H,7-8H2,1-3H3,(H,29,30,31)/t16-,17?/m1/s1. The molecule has 1 aliphatic carbocycles. The zero-order valence-electron chi connectivity index (χ0n) is 18.9. The monoisotopic (exact) mass is 456 g/mol. The van der Waals surface area contributed by atoms with Crippen molar-refractivity contribution in [2.75, 3.05) is 5.32 Å². The van der Waals surface area contributed by atoms with Crippen LogP contribution in [0.4, 0.5) is 5.82 Å². The number of benzene rings is 2. The summed E-state index contributed by atoms with van der Waals surface area (Å²) in [7, 11) is 0. The van der Waals surface area contributed by atoms with Gasteiger partial charge in [-0.25, -0.2) is 4.98 Å². The molecule has 7 heteroatoms. The Morgan fingerprint density at radius 1 is 1.09 bits per heavy atom. The molecule has 0 bridgehead atoms. The number of imidazole rings is 1. The highest BCUT2D eigenvalue weighted by atomic mass is 35.5. The molecule has 0 radical (unpaired) electrons. The minimum Gasteiger partial charge on any atom is -0.365 e. The molecule has 0 saturated heterocycles.